The molecule has 1 amide bonds. The summed E-state index contributed by atoms with van der Waals surface area (Å²) in [6.07, 6.45) is 0.373. The number of ether oxygens (including phenoxy) is 1. The summed E-state index contributed by atoms with van der Waals surface area (Å²) >= 11 is 0. The summed E-state index contributed by atoms with van der Waals surface area (Å²) in [6.45, 7) is 0.557. The molecule has 28 heavy (non-hydrogen) atoms. The number of fused-ring (bicyclic) bond motifs is 1. The Morgan fingerprint density at radius 3 is 2.54 bits per heavy atom. The molecular weight excluding hydrogens is 352 g/mol. The van der Waals surface area contributed by atoms with Gasteiger partial charge in [0.15, 0.2) is 11.5 Å². The van der Waals surface area contributed by atoms with Gasteiger partial charge in [-0.05, 0) is 41.8 Å². The smallest absolute Gasteiger partial charge is 0.257 e. The average molecular weight is 374 g/mol. The minimum atomic E-state index is -0.372. The van der Waals surface area contributed by atoms with Crippen LogP contribution in [0.25, 0.3) is 0 Å². The van der Waals surface area contributed by atoms with Crippen molar-refractivity contribution < 1.29 is 14.6 Å². The largest absolute Gasteiger partial charge is 0.504 e. The summed E-state index contributed by atoms with van der Waals surface area (Å²) in [7, 11) is 1.51. The van der Waals surface area contributed by atoms with Crippen LogP contribution >= 0.6 is 0 Å². The number of phenols is 1. The monoisotopic (exact) mass is 374 g/mol. The maximum absolute atomic E-state index is 13.2. The minimum Gasteiger partial charge on any atom is -0.504 e. The molecular formula is C23H22N2O3. The van der Waals surface area contributed by atoms with Gasteiger partial charge in [0.05, 0.1) is 12.7 Å². The highest BCUT2D eigenvalue weighted by molar-refractivity contribution is 6.01. The van der Waals surface area contributed by atoms with Gasteiger partial charge in [0.1, 0.15) is 6.17 Å². The number of aromatic hydroxyl groups is 1. The average Bonchev–Trinajstić information content (AvgIpc) is 2.73. The van der Waals surface area contributed by atoms with Crippen LogP contribution in [0.5, 0.6) is 11.5 Å². The second kappa shape index (κ2) is 7.64. The van der Waals surface area contributed by atoms with Gasteiger partial charge in [0, 0.05) is 12.2 Å². The zero-order valence-corrected chi connectivity index (χ0v) is 15.6. The number of nitrogens with one attached hydrogen (secondary N) is 1. The Labute approximate surface area is 164 Å². The van der Waals surface area contributed by atoms with Crippen molar-refractivity contribution in [3.05, 3.63) is 89.5 Å². The van der Waals surface area contributed by atoms with E-state index in [9.17, 15) is 9.90 Å². The van der Waals surface area contributed by atoms with E-state index in [4.69, 9.17) is 4.74 Å². The number of benzene rings is 3. The van der Waals surface area contributed by atoms with E-state index in [1.54, 1.807) is 12.1 Å². The van der Waals surface area contributed by atoms with E-state index >= 15 is 0 Å². The number of carbonyl (C=O) groups is 1. The number of carbonyl (C=O) groups excluding carboxylic acids is 1. The summed E-state index contributed by atoms with van der Waals surface area (Å²) < 4.78 is 5.15. The van der Waals surface area contributed by atoms with Gasteiger partial charge in [0.25, 0.3) is 5.91 Å². The summed E-state index contributed by atoms with van der Waals surface area (Å²) in [5.74, 6) is 0.434. The molecule has 0 spiro atoms. The molecule has 1 aliphatic heterocycles. The van der Waals surface area contributed by atoms with Gasteiger partial charge in [-0.1, -0.05) is 48.5 Å². The van der Waals surface area contributed by atoms with Crippen LogP contribution in [-0.4, -0.2) is 29.6 Å². The second-order valence-corrected chi connectivity index (χ2v) is 6.76. The molecule has 3 aromatic rings. The van der Waals surface area contributed by atoms with Crippen LogP contribution in [0.2, 0.25) is 0 Å². The predicted octanol–water partition coefficient (Wildman–Crippen LogP) is 4.21. The van der Waals surface area contributed by atoms with Crippen molar-refractivity contribution in [1.29, 1.82) is 0 Å². The first-order valence-corrected chi connectivity index (χ1v) is 9.25. The summed E-state index contributed by atoms with van der Waals surface area (Å²) in [5.41, 5.74) is 3.42. The van der Waals surface area contributed by atoms with Crippen LogP contribution in [0, 0.1) is 0 Å². The van der Waals surface area contributed by atoms with E-state index in [1.807, 2.05) is 53.4 Å². The number of anilines is 1. The molecule has 0 bridgehead atoms. The van der Waals surface area contributed by atoms with Crippen LogP contribution < -0.4 is 10.1 Å². The predicted molar refractivity (Wildman–Crippen MR) is 109 cm³/mol. The highest BCUT2D eigenvalue weighted by Gasteiger charge is 2.32. The minimum absolute atomic E-state index is 0.0226. The van der Waals surface area contributed by atoms with Gasteiger partial charge in [-0.25, -0.2) is 0 Å². The van der Waals surface area contributed by atoms with E-state index in [1.165, 1.54) is 12.7 Å². The van der Waals surface area contributed by atoms with Crippen molar-refractivity contribution in [1.82, 2.24) is 4.90 Å². The molecule has 0 radical (unpaired) electrons. The Bertz CT molecular complexity index is 988. The molecule has 1 aliphatic rings. The molecule has 3 aromatic carbocycles. The number of hydrogen-bond acceptors (Lipinski definition) is 4. The molecule has 5 heteroatoms. The molecule has 5 nitrogen and oxygen atoms in total. The molecule has 1 atom stereocenters. The van der Waals surface area contributed by atoms with Gasteiger partial charge in [-0.2, -0.15) is 0 Å². The second-order valence-electron chi connectivity index (χ2n) is 6.76. The molecule has 0 saturated heterocycles. The van der Waals surface area contributed by atoms with Crippen LogP contribution in [-0.2, 0) is 6.42 Å². The lowest BCUT2D eigenvalue weighted by Gasteiger charge is -2.38. The Morgan fingerprint density at radius 2 is 1.79 bits per heavy atom. The van der Waals surface area contributed by atoms with E-state index in [0.29, 0.717) is 17.9 Å². The topological polar surface area (TPSA) is 61.8 Å². The van der Waals surface area contributed by atoms with Crippen LogP contribution in [0.1, 0.15) is 27.7 Å². The van der Waals surface area contributed by atoms with Gasteiger partial charge in [-0.15, -0.1) is 0 Å². The number of amides is 1. The van der Waals surface area contributed by atoms with E-state index in [-0.39, 0.29) is 17.8 Å². The SMILES string of the molecule is COc1ccc([C@@H]2Nc3ccccc3C(=O)N2CCc2ccccc2)cc1O. The number of nitrogens with zero attached hydrogens (tertiary/aromatic N) is 1. The Morgan fingerprint density at radius 1 is 1.04 bits per heavy atom. The molecule has 142 valence electrons. The third-order valence-corrected chi connectivity index (χ3v) is 5.03. The lowest BCUT2D eigenvalue weighted by molar-refractivity contribution is 0.0685. The fraction of sp³-hybridized carbons (Fsp3) is 0.174. The highest BCUT2D eigenvalue weighted by Crippen LogP contribution is 2.36. The number of rotatable bonds is 5. The Kier molecular flexibility index (Phi) is 4.89. The third kappa shape index (κ3) is 3.39. The van der Waals surface area contributed by atoms with Gasteiger partial charge in [0.2, 0.25) is 0 Å². The van der Waals surface area contributed by atoms with Crippen molar-refractivity contribution in [3.8, 4) is 11.5 Å². The molecule has 1 heterocycles. The van der Waals surface area contributed by atoms with E-state index in [2.05, 4.69) is 17.4 Å². The maximum atomic E-state index is 13.2. The molecule has 0 saturated carbocycles. The van der Waals surface area contributed by atoms with Crippen molar-refractivity contribution >= 4 is 11.6 Å². The van der Waals surface area contributed by atoms with E-state index in [0.717, 1.165) is 17.7 Å². The summed E-state index contributed by atoms with van der Waals surface area (Å²) in [6, 6.07) is 22.8. The normalized spacial score (nSPS) is 15.7. The van der Waals surface area contributed by atoms with Gasteiger partial charge < -0.3 is 20.1 Å². The van der Waals surface area contributed by atoms with Crippen LogP contribution in [0.3, 0.4) is 0 Å². The number of phenolic OH excluding ortho intramolecular Hbond substituents is 1. The van der Waals surface area contributed by atoms with Gasteiger partial charge >= 0.3 is 0 Å². The number of hydrogen-bond donors (Lipinski definition) is 2. The van der Waals surface area contributed by atoms with E-state index < -0.39 is 0 Å². The van der Waals surface area contributed by atoms with Crippen LogP contribution in [0.15, 0.2) is 72.8 Å². The summed E-state index contributed by atoms with van der Waals surface area (Å²) in [5, 5.41) is 13.7. The first-order valence-electron chi connectivity index (χ1n) is 9.25. The third-order valence-electron chi connectivity index (χ3n) is 5.03. The lowest BCUT2D eigenvalue weighted by Crippen LogP contribution is -2.43. The molecule has 0 aromatic heterocycles. The van der Waals surface area contributed by atoms with Gasteiger partial charge in [-0.3, -0.25) is 4.79 Å². The zero-order valence-electron chi connectivity index (χ0n) is 15.6. The first kappa shape index (κ1) is 17.9. The maximum Gasteiger partial charge on any atom is 0.257 e. The van der Waals surface area contributed by atoms with Crippen molar-refractivity contribution in [2.45, 2.75) is 12.6 Å². The number of methoxy groups -OCH3 is 1. The first-order chi connectivity index (χ1) is 13.7. The molecule has 2 N–H and O–H groups in total. The Balaban J connectivity index is 1.68. The molecule has 4 rings (SSSR count). The Hall–Kier alpha value is -3.47. The number of para-hydroxylation sites is 1. The highest BCUT2D eigenvalue weighted by atomic mass is 16.5. The van der Waals surface area contributed by atoms with Crippen molar-refractivity contribution in [3.63, 3.8) is 0 Å². The zero-order chi connectivity index (χ0) is 19.5. The lowest BCUT2D eigenvalue weighted by atomic mass is 10.0. The standard InChI is InChI=1S/C23H22N2O3/c1-28-21-12-11-17(15-20(21)26)22-24-19-10-6-5-9-18(19)23(27)25(22)14-13-16-7-3-2-4-8-16/h2-12,15,22,24,26H,13-14H2,1H3/t22-/m1/s1. The van der Waals surface area contributed by atoms with Crippen molar-refractivity contribution in [2.75, 3.05) is 19.0 Å². The summed E-state index contributed by atoms with van der Waals surface area (Å²) in [4.78, 5) is 15.0. The fourth-order valence-electron chi connectivity index (χ4n) is 3.56. The van der Waals surface area contributed by atoms with Crippen molar-refractivity contribution in [2.24, 2.45) is 0 Å². The molecule has 0 unspecified atom stereocenters. The molecule has 0 fully saturated rings. The van der Waals surface area contributed by atoms with Crippen LogP contribution in [0.4, 0.5) is 5.69 Å². The fourth-order valence-corrected chi connectivity index (χ4v) is 3.56. The quantitative estimate of drug-likeness (QED) is 0.702. The molecule has 0 aliphatic carbocycles.